The van der Waals surface area contributed by atoms with Crippen LogP contribution in [0.4, 0.5) is 0 Å². The summed E-state index contributed by atoms with van der Waals surface area (Å²) in [7, 11) is 0. The molecular weight excluding hydrogens is 116 g/mol. The molecule has 2 heteroatoms. The van der Waals surface area contributed by atoms with Gasteiger partial charge in [0.2, 0.25) is 0 Å². The van der Waals surface area contributed by atoms with Gasteiger partial charge in [0.25, 0.3) is 0 Å². The Bertz CT molecular complexity index is 107. The van der Waals surface area contributed by atoms with Crippen LogP contribution in [0.2, 0.25) is 0 Å². The number of carboxylic acid groups (broad SMARTS) is 1. The van der Waals surface area contributed by atoms with Crippen LogP contribution in [0.25, 0.3) is 0 Å². The predicted octanol–water partition coefficient (Wildman–Crippen LogP) is 1.49. The maximum Gasteiger partial charge on any atom is 0.310 e. The molecule has 1 N–H and O–H groups in total. The van der Waals surface area contributed by atoms with Crippen LogP contribution >= 0.6 is 0 Å². The summed E-state index contributed by atoms with van der Waals surface area (Å²) in [6, 6.07) is 0. The lowest BCUT2D eigenvalue weighted by atomic mass is 10.1. The number of rotatable bonds is 4. The molecule has 0 heterocycles. The third-order valence-electron chi connectivity index (χ3n) is 1.12. The maximum absolute atomic E-state index is 10.2. The van der Waals surface area contributed by atoms with Crippen LogP contribution in [0.5, 0.6) is 0 Å². The first-order chi connectivity index (χ1) is 4.22. The molecular formula is C7H11O2. The van der Waals surface area contributed by atoms with E-state index in [0.717, 1.165) is 0 Å². The Balaban J connectivity index is 3.68. The van der Waals surface area contributed by atoms with Crippen molar-refractivity contribution in [3.8, 4) is 0 Å². The van der Waals surface area contributed by atoms with E-state index in [-0.39, 0.29) is 0 Å². The molecule has 0 aromatic carbocycles. The van der Waals surface area contributed by atoms with Crippen LogP contribution in [-0.2, 0) is 4.79 Å². The van der Waals surface area contributed by atoms with E-state index in [1.165, 1.54) is 6.08 Å². The highest BCUT2D eigenvalue weighted by Crippen LogP contribution is 2.05. The molecule has 1 radical (unpaired) electrons. The Kier molecular flexibility index (Phi) is 3.76. The van der Waals surface area contributed by atoms with Crippen LogP contribution in [0.3, 0.4) is 0 Å². The Hall–Kier alpha value is -0.790. The van der Waals surface area contributed by atoms with Crippen LogP contribution in [0.15, 0.2) is 12.7 Å². The number of carbonyl (C=O) groups is 1. The fraction of sp³-hybridized carbons (Fsp3) is 0.429. The second kappa shape index (κ2) is 4.13. The topological polar surface area (TPSA) is 37.3 Å². The maximum atomic E-state index is 10.2. The van der Waals surface area contributed by atoms with Gasteiger partial charge in [0, 0.05) is 0 Å². The zero-order valence-electron chi connectivity index (χ0n) is 5.34. The lowest BCUT2D eigenvalue weighted by molar-refractivity contribution is -0.140. The highest BCUT2D eigenvalue weighted by Gasteiger charge is 2.09. The molecule has 2 nitrogen and oxygen atoms in total. The van der Waals surface area contributed by atoms with Crippen LogP contribution in [0, 0.1) is 12.8 Å². The normalized spacial score (nSPS) is 12.6. The van der Waals surface area contributed by atoms with E-state index in [2.05, 4.69) is 13.5 Å². The SMILES string of the molecule is [CH2]CCC(C=C)C(=O)O. The Morgan fingerprint density at radius 2 is 2.33 bits per heavy atom. The van der Waals surface area contributed by atoms with E-state index in [1.54, 1.807) is 0 Å². The summed E-state index contributed by atoms with van der Waals surface area (Å²) in [5, 5.41) is 8.41. The zero-order valence-corrected chi connectivity index (χ0v) is 5.34. The average molecular weight is 127 g/mol. The smallest absolute Gasteiger partial charge is 0.310 e. The first-order valence-corrected chi connectivity index (χ1v) is 2.87. The van der Waals surface area contributed by atoms with Crippen molar-refractivity contribution < 1.29 is 9.90 Å². The second-order valence-corrected chi connectivity index (χ2v) is 1.82. The molecule has 0 aliphatic heterocycles. The van der Waals surface area contributed by atoms with Gasteiger partial charge < -0.3 is 5.11 Å². The fourth-order valence-corrected chi connectivity index (χ4v) is 0.562. The van der Waals surface area contributed by atoms with Crippen molar-refractivity contribution in [2.45, 2.75) is 12.8 Å². The van der Waals surface area contributed by atoms with Crippen molar-refractivity contribution in [2.75, 3.05) is 0 Å². The minimum absolute atomic E-state index is 0.414. The van der Waals surface area contributed by atoms with Gasteiger partial charge in [0.15, 0.2) is 0 Å². The standard InChI is InChI=1S/C7H11O2/c1-3-5-6(4-2)7(8)9/h4,6H,1-3,5H2,(H,8,9). The molecule has 0 spiro atoms. The summed E-state index contributed by atoms with van der Waals surface area (Å²) >= 11 is 0. The lowest BCUT2D eigenvalue weighted by Gasteiger charge is -2.01. The number of hydrogen-bond donors (Lipinski definition) is 1. The molecule has 51 valence electrons. The molecule has 0 aliphatic rings. The van der Waals surface area contributed by atoms with Crippen molar-refractivity contribution in [1.29, 1.82) is 0 Å². The molecule has 0 aliphatic carbocycles. The van der Waals surface area contributed by atoms with Crippen molar-refractivity contribution in [1.82, 2.24) is 0 Å². The molecule has 0 amide bonds. The zero-order chi connectivity index (χ0) is 7.28. The molecule has 0 saturated carbocycles. The van der Waals surface area contributed by atoms with Gasteiger partial charge in [-0.2, -0.15) is 0 Å². The number of carboxylic acids is 1. The van der Waals surface area contributed by atoms with Gasteiger partial charge in [-0.05, 0) is 6.42 Å². The minimum Gasteiger partial charge on any atom is -0.481 e. The first-order valence-electron chi connectivity index (χ1n) is 2.87. The molecule has 0 aromatic heterocycles. The minimum atomic E-state index is -0.811. The lowest BCUT2D eigenvalue weighted by Crippen LogP contribution is -2.09. The molecule has 1 unspecified atom stereocenters. The highest BCUT2D eigenvalue weighted by atomic mass is 16.4. The summed E-state index contributed by atoms with van der Waals surface area (Å²) in [4.78, 5) is 10.2. The Morgan fingerprint density at radius 1 is 1.78 bits per heavy atom. The average Bonchev–Trinajstić information content (AvgIpc) is 1.82. The van der Waals surface area contributed by atoms with Crippen molar-refractivity contribution in [3.63, 3.8) is 0 Å². The van der Waals surface area contributed by atoms with Crippen LogP contribution in [0.1, 0.15) is 12.8 Å². The third kappa shape index (κ3) is 2.90. The van der Waals surface area contributed by atoms with Gasteiger partial charge in [-0.3, -0.25) is 4.79 Å². The summed E-state index contributed by atoms with van der Waals surface area (Å²) < 4.78 is 0. The molecule has 9 heavy (non-hydrogen) atoms. The molecule has 1 atom stereocenters. The van der Waals surface area contributed by atoms with Crippen LogP contribution < -0.4 is 0 Å². The van der Waals surface area contributed by atoms with Crippen LogP contribution in [-0.4, -0.2) is 11.1 Å². The largest absolute Gasteiger partial charge is 0.481 e. The molecule has 0 rings (SSSR count). The van der Waals surface area contributed by atoms with Gasteiger partial charge in [0.1, 0.15) is 0 Å². The predicted molar refractivity (Wildman–Crippen MR) is 35.9 cm³/mol. The highest BCUT2D eigenvalue weighted by molar-refractivity contribution is 5.71. The van der Waals surface area contributed by atoms with Gasteiger partial charge >= 0.3 is 5.97 Å². The Labute approximate surface area is 55.2 Å². The quantitative estimate of drug-likeness (QED) is 0.581. The van der Waals surface area contributed by atoms with E-state index in [4.69, 9.17) is 5.11 Å². The number of hydrogen-bond acceptors (Lipinski definition) is 1. The van der Waals surface area contributed by atoms with Gasteiger partial charge in [-0.1, -0.05) is 19.4 Å². The van der Waals surface area contributed by atoms with Gasteiger partial charge in [-0.25, -0.2) is 0 Å². The van der Waals surface area contributed by atoms with Crippen molar-refractivity contribution in [2.24, 2.45) is 5.92 Å². The second-order valence-electron chi connectivity index (χ2n) is 1.82. The van der Waals surface area contributed by atoms with E-state index < -0.39 is 11.9 Å². The summed E-state index contributed by atoms with van der Waals surface area (Å²) in [6.45, 7) is 6.94. The summed E-state index contributed by atoms with van der Waals surface area (Å²) in [5.41, 5.74) is 0. The molecule has 0 fully saturated rings. The van der Waals surface area contributed by atoms with Gasteiger partial charge in [-0.15, -0.1) is 6.58 Å². The molecule has 0 saturated heterocycles. The van der Waals surface area contributed by atoms with E-state index in [0.29, 0.717) is 12.8 Å². The fourth-order valence-electron chi connectivity index (χ4n) is 0.562. The summed E-state index contributed by atoms with van der Waals surface area (Å²) in [6.07, 6.45) is 2.66. The van der Waals surface area contributed by atoms with E-state index in [1.807, 2.05) is 0 Å². The Morgan fingerprint density at radius 3 is 2.44 bits per heavy atom. The monoisotopic (exact) mass is 127 g/mol. The van der Waals surface area contributed by atoms with Crippen molar-refractivity contribution in [3.05, 3.63) is 19.6 Å². The van der Waals surface area contributed by atoms with E-state index >= 15 is 0 Å². The first kappa shape index (κ1) is 8.21. The summed E-state index contributed by atoms with van der Waals surface area (Å²) in [5.74, 6) is -1.23. The van der Waals surface area contributed by atoms with E-state index in [9.17, 15) is 4.79 Å². The van der Waals surface area contributed by atoms with Crippen molar-refractivity contribution >= 4 is 5.97 Å². The number of aliphatic carboxylic acids is 1. The molecule has 0 aromatic rings. The third-order valence-corrected chi connectivity index (χ3v) is 1.12. The van der Waals surface area contributed by atoms with Gasteiger partial charge in [0.05, 0.1) is 5.92 Å². The molecule has 0 bridgehead atoms.